The molecule has 476 valence electrons. The monoisotopic (exact) mass is 1150 g/mol. The summed E-state index contributed by atoms with van der Waals surface area (Å²) in [5.74, 6) is -0.896. The molecule has 0 N–H and O–H groups in total. The van der Waals surface area contributed by atoms with Gasteiger partial charge in [0.25, 0.3) is 0 Å². The van der Waals surface area contributed by atoms with Crippen molar-refractivity contribution in [2.75, 3.05) is 13.2 Å². The molecule has 0 aromatic heterocycles. The summed E-state index contributed by atoms with van der Waals surface area (Å²) in [6.45, 7) is 6.52. The quantitative estimate of drug-likeness (QED) is 0.0261. The molecule has 0 aromatic rings. The molecule has 0 radical (unpaired) electrons. The van der Waals surface area contributed by atoms with E-state index < -0.39 is 6.10 Å². The number of hydrogen-bond acceptors (Lipinski definition) is 6. The predicted octanol–water partition coefficient (Wildman–Crippen LogP) is 24.6. The van der Waals surface area contributed by atoms with Gasteiger partial charge in [0, 0.05) is 19.3 Å². The van der Waals surface area contributed by atoms with E-state index in [0.717, 1.165) is 122 Å². The van der Waals surface area contributed by atoms with Gasteiger partial charge >= 0.3 is 17.9 Å². The number of unbranched alkanes of at least 4 members (excludes halogenated alkanes) is 35. The average molecular weight is 1150 g/mol. The van der Waals surface area contributed by atoms with E-state index in [0.29, 0.717) is 19.3 Å². The molecule has 0 aliphatic rings. The van der Waals surface area contributed by atoms with E-state index in [1.807, 2.05) is 0 Å². The Labute approximate surface area is 514 Å². The highest BCUT2D eigenvalue weighted by Gasteiger charge is 2.19. The number of allylic oxidation sites excluding steroid dienone is 18. The van der Waals surface area contributed by atoms with Crippen LogP contribution in [0.25, 0.3) is 0 Å². The summed E-state index contributed by atoms with van der Waals surface area (Å²) in [4.78, 5) is 38.5. The highest BCUT2D eigenvalue weighted by molar-refractivity contribution is 5.71. The number of esters is 3. The first-order chi connectivity index (χ1) is 41.0. The standard InChI is InChI=1S/C77H132O6/c1-4-7-10-13-16-19-22-25-28-30-32-34-36-37-38-39-41-42-44-46-49-52-55-58-61-64-67-70-76(79)82-73-74(72-81-75(78)69-66-63-60-57-54-51-48-27-24-21-18-15-12-9-6-3)83-77(80)71-68-65-62-59-56-53-50-47-45-43-40-35-33-31-29-26-23-20-17-14-11-8-5-2/h7,10,16,18-19,21,25,27-28,31-34,37-38,41-42,48,74H,4-6,8-9,11-15,17,20,22-24,26,29-30,35-36,39-40,43-47,49-73H2,1-3H3/b10-7-,19-16-,21-18-,28-25-,33-31-,34-32-,38-37-,42-41-,48-27-. The lowest BCUT2D eigenvalue weighted by atomic mass is 10.0. The zero-order valence-corrected chi connectivity index (χ0v) is 54.7. The minimum atomic E-state index is -0.791. The molecule has 0 rings (SSSR count). The average Bonchev–Trinajstić information content (AvgIpc) is 3.49. The lowest BCUT2D eigenvalue weighted by Crippen LogP contribution is -2.30. The summed E-state index contributed by atoms with van der Waals surface area (Å²) < 4.78 is 17.0. The van der Waals surface area contributed by atoms with Crippen LogP contribution >= 0.6 is 0 Å². The third-order valence-electron chi connectivity index (χ3n) is 15.2. The Hall–Kier alpha value is -3.93. The summed E-state index contributed by atoms with van der Waals surface area (Å²) in [5.41, 5.74) is 0. The van der Waals surface area contributed by atoms with Gasteiger partial charge in [0.2, 0.25) is 0 Å². The van der Waals surface area contributed by atoms with Crippen LogP contribution in [0.4, 0.5) is 0 Å². The van der Waals surface area contributed by atoms with Crippen LogP contribution in [0.1, 0.15) is 342 Å². The number of carbonyl (C=O) groups is 3. The van der Waals surface area contributed by atoms with Crippen molar-refractivity contribution in [2.45, 2.75) is 348 Å². The highest BCUT2D eigenvalue weighted by atomic mass is 16.6. The summed E-state index contributed by atoms with van der Waals surface area (Å²) >= 11 is 0. The first kappa shape index (κ1) is 79.1. The van der Waals surface area contributed by atoms with Crippen molar-refractivity contribution in [3.8, 4) is 0 Å². The lowest BCUT2D eigenvalue weighted by Gasteiger charge is -2.18. The molecule has 83 heavy (non-hydrogen) atoms. The molecule has 6 heteroatoms. The van der Waals surface area contributed by atoms with Crippen molar-refractivity contribution in [2.24, 2.45) is 0 Å². The summed E-state index contributed by atoms with van der Waals surface area (Å²) in [6.07, 6.45) is 96.8. The Morgan fingerprint density at radius 2 is 0.470 bits per heavy atom. The van der Waals surface area contributed by atoms with E-state index in [4.69, 9.17) is 14.2 Å². The Morgan fingerprint density at radius 1 is 0.253 bits per heavy atom. The molecule has 0 heterocycles. The van der Waals surface area contributed by atoms with E-state index in [1.165, 1.54) is 180 Å². The molecule has 0 spiro atoms. The summed E-state index contributed by atoms with van der Waals surface area (Å²) in [6, 6.07) is 0. The third kappa shape index (κ3) is 68.7. The minimum Gasteiger partial charge on any atom is -0.462 e. The van der Waals surface area contributed by atoms with Crippen molar-refractivity contribution in [3.05, 3.63) is 109 Å². The maximum Gasteiger partial charge on any atom is 0.306 e. The number of rotatable bonds is 64. The second kappa shape index (κ2) is 70.6. The maximum absolute atomic E-state index is 13.0. The van der Waals surface area contributed by atoms with Gasteiger partial charge < -0.3 is 14.2 Å². The first-order valence-electron chi connectivity index (χ1n) is 35.4. The molecule has 0 fully saturated rings. The van der Waals surface area contributed by atoms with Crippen LogP contribution < -0.4 is 0 Å². The molecule has 0 saturated heterocycles. The van der Waals surface area contributed by atoms with Crippen LogP contribution in [0, 0.1) is 0 Å². The number of ether oxygens (including phenoxy) is 3. The number of hydrogen-bond donors (Lipinski definition) is 0. The lowest BCUT2D eigenvalue weighted by molar-refractivity contribution is -0.167. The normalized spacial score (nSPS) is 12.8. The van der Waals surface area contributed by atoms with Crippen LogP contribution in [0.3, 0.4) is 0 Å². The van der Waals surface area contributed by atoms with Crippen molar-refractivity contribution in [3.63, 3.8) is 0 Å². The molecule has 1 atom stereocenters. The van der Waals surface area contributed by atoms with E-state index in [1.54, 1.807) is 0 Å². The Balaban J connectivity index is 4.36. The van der Waals surface area contributed by atoms with E-state index >= 15 is 0 Å². The van der Waals surface area contributed by atoms with Crippen LogP contribution in [-0.2, 0) is 28.6 Å². The van der Waals surface area contributed by atoms with Crippen LogP contribution in [-0.4, -0.2) is 37.2 Å². The van der Waals surface area contributed by atoms with Gasteiger partial charge in [-0.1, -0.05) is 304 Å². The smallest absolute Gasteiger partial charge is 0.306 e. The van der Waals surface area contributed by atoms with Gasteiger partial charge in [0.15, 0.2) is 6.10 Å². The maximum atomic E-state index is 13.0. The fraction of sp³-hybridized carbons (Fsp3) is 0.727. The van der Waals surface area contributed by atoms with Gasteiger partial charge in [0.05, 0.1) is 0 Å². The Bertz CT molecular complexity index is 1660. The van der Waals surface area contributed by atoms with Gasteiger partial charge in [0.1, 0.15) is 13.2 Å². The van der Waals surface area contributed by atoms with Crippen molar-refractivity contribution < 1.29 is 28.6 Å². The van der Waals surface area contributed by atoms with Gasteiger partial charge in [-0.05, 0) is 128 Å². The van der Waals surface area contributed by atoms with Gasteiger partial charge in [-0.2, -0.15) is 0 Å². The van der Waals surface area contributed by atoms with Crippen molar-refractivity contribution in [1.82, 2.24) is 0 Å². The van der Waals surface area contributed by atoms with E-state index in [9.17, 15) is 14.4 Å². The van der Waals surface area contributed by atoms with E-state index in [-0.39, 0.29) is 31.1 Å². The fourth-order valence-electron chi connectivity index (χ4n) is 9.94. The topological polar surface area (TPSA) is 78.9 Å². The van der Waals surface area contributed by atoms with Gasteiger partial charge in [-0.15, -0.1) is 0 Å². The zero-order chi connectivity index (χ0) is 59.9. The first-order valence-corrected chi connectivity index (χ1v) is 35.4. The minimum absolute atomic E-state index is 0.0867. The molecule has 0 bridgehead atoms. The Kier molecular flexibility index (Phi) is 67.2. The zero-order valence-electron chi connectivity index (χ0n) is 54.7. The highest BCUT2D eigenvalue weighted by Crippen LogP contribution is 2.17. The molecule has 0 saturated carbocycles. The van der Waals surface area contributed by atoms with E-state index in [2.05, 4.69) is 130 Å². The second-order valence-corrected chi connectivity index (χ2v) is 23.4. The SMILES string of the molecule is CC/C=C\C/C=C\C/C=C\C/C=C\C/C=C\C/C=C\CCCCCCCCCCC(=O)OCC(COC(=O)CCCCCCC/C=C\C/C=C\CCCCC)OC(=O)CCCCCCCCCCCCC/C=C\CCCCCCCCCC. The predicted molar refractivity (Wildman–Crippen MR) is 362 cm³/mol. The summed E-state index contributed by atoms with van der Waals surface area (Å²) in [5, 5.41) is 0. The molecule has 0 aromatic carbocycles. The third-order valence-corrected chi connectivity index (χ3v) is 15.2. The molecule has 0 aliphatic heterocycles. The molecule has 1 unspecified atom stereocenters. The van der Waals surface area contributed by atoms with Gasteiger partial charge in [-0.25, -0.2) is 0 Å². The molecular weight excluding hydrogens is 1020 g/mol. The largest absolute Gasteiger partial charge is 0.462 e. The summed E-state index contributed by atoms with van der Waals surface area (Å²) in [7, 11) is 0. The van der Waals surface area contributed by atoms with Crippen LogP contribution in [0.5, 0.6) is 0 Å². The van der Waals surface area contributed by atoms with Crippen molar-refractivity contribution in [1.29, 1.82) is 0 Å². The van der Waals surface area contributed by atoms with Crippen molar-refractivity contribution >= 4 is 17.9 Å². The van der Waals surface area contributed by atoms with Crippen LogP contribution in [0.15, 0.2) is 109 Å². The second-order valence-electron chi connectivity index (χ2n) is 23.4. The van der Waals surface area contributed by atoms with Crippen LogP contribution in [0.2, 0.25) is 0 Å². The van der Waals surface area contributed by atoms with Gasteiger partial charge in [-0.3, -0.25) is 14.4 Å². The fourth-order valence-corrected chi connectivity index (χ4v) is 9.94. The molecule has 6 nitrogen and oxygen atoms in total. The molecule has 0 amide bonds. The number of carbonyl (C=O) groups excluding carboxylic acids is 3. The Morgan fingerprint density at radius 3 is 0.771 bits per heavy atom. The molecular formula is C77H132O6. The molecule has 0 aliphatic carbocycles.